The molecule has 9 heteroatoms. The highest BCUT2D eigenvalue weighted by molar-refractivity contribution is 7.90. The van der Waals surface area contributed by atoms with Crippen molar-refractivity contribution in [3.8, 4) is 22.3 Å². The van der Waals surface area contributed by atoms with Crippen LogP contribution in [-0.4, -0.2) is 53.9 Å². The van der Waals surface area contributed by atoms with Gasteiger partial charge in [-0.1, -0.05) is 30.3 Å². The molecule has 0 saturated carbocycles. The lowest BCUT2D eigenvalue weighted by Crippen LogP contribution is -2.36. The molecule has 176 valence electrons. The zero-order valence-electron chi connectivity index (χ0n) is 18.8. The van der Waals surface area contributed by atoms with Gasteiger partial charge in [0.15, 0.2) is 5.65 Å². The van der Waals surface area contributed by atoms with Crippen LogP contribution in [0.25, 0.3) is 33.3 Å². The molecule has 0 unspecified atom stereocenters. The summed E-state index contributed by atoms with van der Waals surface area (Å²) >= 11 is 0. The third-order valence-corrected chi connectivity index (χ3v) is 7.96. The fourth-order valence-corrected chi connectivity index (χ4v) is 5.79. The van der Waals surface area contributed by atoms with Gasteiger partial charge in [-0.25, -0.2) is 17.4 Å². The number of nitrogens with zero attached hydrogens (tertiary/aromatic N) is 4. The number of fused-ring (bicyclic) bond motifs is 1. The number of rotatable bonds is 5. The van der Waals surface area contributed by atoms with E-state index < -0.39 is 10.0 Å². The number of anilines is 1. The predicted molar refractivity (Wildman–Crippen MR) is 135 cm³/mol. The van der Waals surface area contributed by atoms with Crippen molar-refractivity contribution in [1.82, 2.24) is 19.2 Å². The van der Waals surface area contributed by atoms with Crippen LogP contribution in [-0.2, 0) is 14.8 Å². The number of nitrogens with one attached hydrogen (secondary N) is 1. The number of morpholine rings is 1. The summed E-state index contributed by atoms with van der Waals surface area (Å²) in [5.41, 5.74) is 4.98. The van der Waals surface area contributed by atoms with Gasteiger partial charge in [-0.15, -0.1) is 0 Å². The first-order valence-electron chi connectivity index (χ1n) is 11.4. The summed E-state index contributed by atoms with van der Waals surface area (Å²) in [5.74, 6) is 0. The molecule has 0 bridgehead atoms. The maximum absolute atomic E-state index is 13.5. The van der Waals surface area contributed by atoms with Gasteiger partial charge < -0.3 is 9.64 Å². The van der Waals surface area contributed by atoms with E-state index in [0.717, 1.165) is 59.6 Å². The van der Waals surface area contributed by atoms with E-state index in [-0.39, 0.29) is 4.90 Å². The smallest absolute Gasteiger partial charge is 0.269 e. The minimum absolute atomic E-state index is 0.209. The molecule has 4 heterocycles. The zero-order chi connectivity index (χ0) is 23.8. The number of H-pyrrole nitrogens is 1. The van der Waals surface area contributed by atoms with Crippen molar-refractivity contribution in [2.75, 3.05) is 31.2 Å². The summed E-state index contributed by atoms with van der Waals surface area (Å²) in [6.07, 6.45) is 6.77. The maximum atomic E-state index is 13.5. The maximum Gasteiger partial charge on any atom is 0.269 e. The van der Waals surface area contributed by atoms with E-state index >= 15 is 0 Å². The Morgan fingerprint density at radius 2 is 1.66 bits per heavy atom. The first-order valence-corrected chi connectivity index (χ1v) is 12.8. The van der Waals surface area contributed by atoms with Crippen molar-refractivity contribution >= 4 is 26.7 Å². The van der Waals surface area contributed by atoms with Gasteiger partial charge in [0.25, 0.3) is 10.0 Å². The Labute approximate surface area is 202 Å². The van der Waals surface area contributed by atoms with Gasteiger partial charge in [0.1, 0.15) is 0 Å². The molecular formula is C26H23N5O3S. The van der Waals surface area contributed by atoms with Gasteiger partial charge >= 0.3 is 0 Å². The molecule has 8 nitrogen and oxygen atoms in total. The molecule has 0 aliphatic carbocycles. The van der Waals surface area contributed by atoms with E-state index in [9.17, 15) is 8.42 Å². The molecule has 35 heavy (non-hydrogen) atoms. The normalized spacial score (nSPS) is 14.5. The standard InChI is InChI=1S/C26H23N5O3S/c32-35(33,23-4-2-1-3-5-23)31-18-25(21-16-28-29-17-21)24-14-20(15-27-26(24)31)19-6-8-22(9-7-19)30-10-12-34-13-11-30/h1-9,14-18H,10-13H2,(H,28,29). The monoisotopic (exact) mass is 485 g/mol. The van der Waals surface area contributed by atoms with Crippen molar-refractivity contribution in [3.05, 3.63) is 85.5 Å². The second kappa shape index (κ2) is 8.68. The van der Waals surface area contributed by atoms with Crippen molar-refractivity contribution in [2.24, 2.45) is 0 Å². The zero-order valence-corrected chi connectivity index (χ0v) is 19.6. The number of benzene rings is 2. The van der Waals surface area contributed by atoms with Crippen LogP contribution in [0, 0.1) is 0 Å². The first-order chi connectivity index (χ1) is 17.1. The van der Waals surface area contributed by atoms with Gasteiger partial charge in [-0.2, -0.15) is 5.10 Å². The van der Waals surface area contributed by atoms with Gasteiger partial charge in [-0.05, 0) is 35.9 Å². The summed E-state index contributed by atoms with van der Waals surface area (Å²) in [6, 6.07) is 18.7. The number of aromatic amines is 1. The fraction of sp³-hybridized carbons (Fsp3) is 0.154. The lowest BCUT2D eigenvalue weighted by Gasteiger charge is -2.28. The molecule has 0 amide bonds. The van der Waals surface area contributed by atoms with Gasteiger partial charge in [-0.3, -0.25) is 5.10 Å². The fourth-order valence-electron chi connectivity index (χ4n) is 4.44. The Morgan fingerprint density at radius 1 is 0.886 bits per heavy atom. The molecule has 0 radical (unpaired) electrons. The molecule has 6 rings (SSSR count). The van der Waals surface area contributed by atoms with E-state index in [2.05, 4.69) is 44.3 Å². The molecule has 0 spiro atoms. The van der Waals surface area contributed by atoms with E-state index in [0.29, 0.717) is 5.65 Å². The van der Waals surface area contributed by atoms with E-state index in [1.165, 1.54) is 3.97 Å². The number of ether oxygens (including phenoxy) is 1. The quantitative estimate of drug-likeness (QED) is 0.402. The Balaban J connectivity index is 1.45. The van der Waals surface area contributed by atoms with Crippen LogP contribution < -0.4 is 4.90 Å². The molecule has 1 aliphatic rings. The van der Waals surface area contributed by atoms with E-state index in [1.54, 1.807) is 55.1 Å². The number of aromatic nitrogens is 4. The first kappa shape index (κ1) is 21.6. The van der Waals surface area contributed by atoms with Crippen molar-refractivity contribution in [1.29, 1.82) is 0 Å². The van der Waals surface area contributed by atoms with Crippen LogP contribution in [0.4, 0.5) is 5.69 Å². The van der Waals surface area contributed by atoms with Crippen LogP contribution in [0.5, 0.6) is 0 Å². The van der Waals surface area contributed by atoms with Crippen molar-refractivity contribution in [2.45, 2.75) is 4.90 Å². The van der Waals surface area contributed by atoms with E-state index in [1.807, 2.05) is 6.07 Å². The summed E-state index contributed by atoms with van der Waals surface area (Å²) in [7, 11) is -3.82. The number of pyridine rings is 1. The molecule has 0 atom stereocenters. The summed E-state index contributed by atoms with van der Waals surface area (Å²) < 4.78 is 33.6. The topological polar surface area (TPSA) is 93.1 Å². The molecule has 3 aromatic heterocycles. The van der Waals surface area contributed by atoms with E-state index in [4.69, 9.17) is 4.74 Å². The molecule has 5 aromatic rings. The lowest BCUT2D eigenvalue weighted by molar-refractivity contribution is 0.122. The third-order valence-electron chi connectivity index (χ3n) is 6.30. The second-order valence-corrected chi connectivity index (χ2v) is 10.2. The second-order valence-electron chi connectivity index (χ2n) is 8.39. The summed E-state index contributed by atoms with van der Waals surface area (Å²) in [6.45, 7) is 3.23. The molecule has 2 aromatic carbocycles. The Hall–Kier alpha value is -3.95. The van der Waals surface area contributed by atoms with Crippen molar-refractivity contribution in [3.63, 3.8) is 0 Å². The van der Waals surface area contributed by atoms with Crippen LogP contribution in [0.3, 0.4) is 0 Å². The van der Waals surface area contributed by atoms with Gasteiger partial charge in [0.05, 0.1) is 24.3 Å². The van der Waals surface area contributed by atoms with Crippen LogP contribution in [0.2, 0.25) is 0 Å². The molecule has 1 aliphatic heterocycles. The molecule has 1 saturated heterocycles. The SMILES string of the molecule is O=S(=O)(c1ccccc1)n1cc(-c2cn[nH]c2)c2cc(-c3ccc(N4CCOCC4)cc3)cnc21. The van der Waals surface area contributed by atoms with Gasteiger partial charge in [0, 0.05) is 59.4 Å². The average molecular weight is 486 g/mol. The number of hydrogen-bond donors (Lipinski definition) is 1. The Bertz CT molecular complexity index is 1570. The summed E-state index contributed by atoms with van der Waals surface area (Å²) in [5, 5.41) is 7.60. The predicted octanol–water partition coefficient (Wildman–Crippen LogP) is 4.17. The van der Waals surface area contributed by atoms with Gasteiger partial charge in [0.2, 0.25) is 0 Å². The van der Waals surface area contributed by atoms with Crippen molar-refractivity contribution < 1.29 is 13.2 Å². The molecular weight excluding hydrogens is 462 g/mol. The minimum atomic E-state index is -3.82. The molecule has 1 fully saturated rings. The highest BCUT2D eigenvalue weighted by Gasteiger charge is 2.23. The molecule has 1 N–H and O–H groups in total. The van der Waals surface area contributed by atoms with Crippen LogP contribution >= 0.6 is 0 Å². The number of hydrogen-bond acceptors (Lipinski definition) is 6. The lowest BCUT2D eigenvalue weighted by atomic mass is 10.0. The van der Waals surface area contributed by atoms with Crippen LogP contribution in [0.15, 0.2) is 90.3 Å². The largest absolute Gasteiger partial charge is 0.378 e. The highest BCUT2D eigenvalue weighted by Crippen LogP contribution is 2.34. The summed E-state index contributed by atoms with van der Waals surface area (Å²) in [4.78, 5) is 7.13. The average Bonchev–Trinajstić information content (AvgIpc) is 3.58. The Morgan fingerprint density at radius 3 is 2.37 bits per heavy atom. The third kappa shape index (κ3) is 3.88. The van der Waals surface area contributed by atoms with Crippen LogP contribution in [0.1, 0.15) is 0 Å². The Kier molecular flexibility index (Phi) is 5.35. The minimum Gasteiger partial charge on any atom is -0.378 e. The highest BCUT2D eigenvalue weighted by atomic mass is 32.2.